The highest BCUT2D eigenvalue weighted by Crippen LogP contribution is 2.40. The van der Waals surface area contributed by atoms with Crippen LogP contribution in [0.25, 0.3) is 66.6 Å². The van der Waals surface area contributed by atoms with Gasteiger partial charge >= 0.3 is 0 Å². The van der Waals surface area contributed by atoms with E-state index in [0.29, 0.717) is 39.0 Å². The van der Waals surface area contributed by atoms with E-state index in [1.54, 1.807) is 75.9 Å². The zero-order chi connectivity index (χ0) is 54.9. The number of rotatable bonds is 12. The lowest BCUT2D eigenvalue weighted by molar-refractivity contribution is 0.0817. The van der Waals surface area contributed by atoms with Crippen molar-refractivity contribution in [2.75, 3.05) is 67.9 Å². The quantitative estimate of drug-likeness (QED) is 0.121. The van der Waals surface area contributed by atoms with Gasteiger partial charge in [0.1, 0.15) is 23.0 Å². The minimum Gasteiger partial charge on any atom is -0.496 e. The van der Waals surface area contributed by atoms with E-state index in [2.05, 4.69) is 32.2 Å². The number of nitrogens with one attached hydrogen (secondary N) is 2. The van der Waals surface area contributed by atoms with Crippen LogP contribution in [0.2, 0.25) is 0 Å². The first-order valence-electron chi connectivity index (χ1n) is 24.7. The predicted octanol–water partition coefficient (Wildman–Crippen LogP) is 11.2. The molecule has 0 atom stereocenters. The van der Waals surface area contributed by atoms with Gasteiger partial charge in [-0.25, -0.2) is 35.5 Å². The molecule has 0 aliphatic carbocycles. The van der Waals surface area contributed by atoms with Gasteiger partial charge in [-0.1, -0.05) is 54.1 Å². The second-order valence-electron chi connectivity index (χ2n) is 19.3. The molecule has 0 saturated carbocycles. The second kappa shape index (κ2) is 22.0. The van der Waals surface area contributed by atoms with E-state index in [-0.39, 0.29) is 33.7 Å². The number of para-hydroxylation sites is 2. The van der Waals surface area contributed by atoms with Crippen LogP contribution in [0.15, 0.2) is 139 Å². The molecule has 77 heavy (non-hydrogen) atoms. The number of carbonyl (C=O) groups excluding carboxylic acids is 2. The Bertz CT molecular complexity index is 3810. The number of amides is 2. The third kappa shape index (κ3) is 10.7. The summed E-state index contributed by atoms with van der Waals surface area (Å²) >= 11 is 0. The second-order valence-corrected chi connectivity index (χ2v) is 21.1. The van der Waals surface area contributed by atoms with Crippen molar-refractivity contribution in [3.05, 3.63) is 168 Å². The fraction of sp³-hybridized carbons (Fsp3) is 0.220. The van der Waals surface area contributed by atoms with Crippen molar-refractivity contribution >= 4 is 49.6 Å². The monoisotopic (exact) mass is 1060 g/mol. The van der Waals surface area contributed by atoms with Crippen molar-refractivity contribution in [1.29, 1.82) is 0 Å². The van der Waals surface area contributed by atoms with E-state index in [1.807, 2.05) is 43.5 Å². The summed E-state index contributed by atoms with van der Waals surface area (Å²) in [7, 11) is 7.43. The highest BCUT2D eigenvalue weighted by atomic mass is 32.2. The number of benzene rings is 5. The third-order valence-corrected chi connectivity index (χ3v) is 15.3. The fourth-order valence-electron chi connectivity index (χ4n) is 9.42. The van der Waals surface area contributed by atoms with Gasteiger partial charge < -0.3 is 34.5 Å². The molecule has 1 saturated heterocycles. The first-order chi connectivity index (χ1) is 36.9. The number of pyridine rings is 2. The number of carbonyl (C=O) groups is 2. The summed E-state index contributed by atoms with van der Waals surface area (Å²) in [5, 5.41) is 4.66. The van der Waals surface area contributed by atoms with Crippen molar-refractivity contribution in [1.82, 2.24) is 33.6 Å². The van der Waals surface area contributed by atoms with Gasteiger partial charge in [0, 0.05) is 103 Å². The molecule has 0 unspecified atom stereocenters. The van der Waals surface area contributed by atoms with Crippen LogP contribution in [-0.4, -0.2) is 122 Å². The Morgan fingerprint density at radius 3 is 1.83 bits per heavy atom. The highest BCUT2D eigenvalue weighted by Gasteiger charge is 2.27. The van der Waals surface area contributed by atoms with Crippen LogP contribution in [0.3, 0.4) is 0 Å². The number of halogens is 3. The van der Waals surface area contributed by atoms with Gasteiger partial charge in [0.25, 0.3) is 21.8 Å². The molecule has 18 heteroatoms. The number of aromatic nitrogens is 4. The van der Waals surface area contributed by atoms with Gasteiger partial charge in [-0.3, -0.25) is 9.59 Å². The average Bonchev–Trinajstić information content (AvgIpc) is 4.05. The van der Waals surface area contributed by atoms with Gasteiger partial charge in [-0.2, -0.15) is 0 Å². The molecule has 10 rings (SSSR count). The Morgan fingerprint density at radius 2 is 1.22 bits per heavy atom. The molecule has 1 aliphatic rings. The molecule has 5 aromatic carbocycles. The number of ether oxygens (including phenoxy) is 2. The van der Waals surface area contributed by atoms with E-state index in [4.69, 9.17) is 9.47 Å². The standard InChI is InChI=1S/C30H25F2N3O4S.C29H32FN5O2/c1-18-9-11-21(12-10-18)40(37,38)35-17-25(22-7-5-6-8-27(22)39-4)23-14-20(16-33-29(23)35)19-13-24(30(36)34(2)3)28(32)26(31)15-19;1-34(2)29(36)23-13-18(15-25(30)27(23)33-20-9-11-35(3)12-10-20)19-14-22-24(17-32-28(22)31-16-19)21-7-5-6-8-26(21)37-4/h5-17H,1-4H3;5-8,13-17,20,33H,9-12H2,1-4H3,(H,31,32). The third-order valence-electron chi connectivity index (χ3n) is 13.6. The molecule has 9 aromatic rings. The summed E-state index contributed by atoms with van der Waals surface area (Å²) in [6, 6.07) is 30.6. The van der Waals surface area contributed by atoms with Crippen LogP contribution in [0, 0.1) is 24.4 Å². The first kappa shape index (κ1) is 53.3. The summed E-state index contributed by atoms with van der Waals surface area (Å²) < 4.78 is 84.5. The molecule has 1 aliphatic heterocycles. The van der Waals surface area contributed by atoms with Crippen molar-refractivity contribution in [2.24, 2.45) is 0 Å². The van der Waals surface area contributed by atoms with Crippen LogP contribution in [-0.2, 0) is 10.0 Å². The Balaban J connectivity index is 0.000000188. The molecule has 0 spiro atoms. The van der Waals surface area contributed by atoms with Gasteiger partial charge in [0.05, 0.1) is 35.9 Å². The number of anilines is 1. The first-order valence-corrected chi connectivity index (χ1v) is 26.1. The Hall–Kier alpha value is -8.48. The molecule has 2 N–H and O–H groups in total. The smallest absolute Gasteiger partial charge is 0.269 e. The molecule has 5 heterocycles. The Morgan fingerprint density at radius 1 is 0.675 bits per heavy atom. The molecule has 1 fully saturated rings. The SMILES string of the molecule is COc1ccccc1-c1c[nH]c2ncc(-c3cc(F)c(NC4CCN(C)CC4)c(C(=O)N(C)C)c3)cc12.COc1ccccc1-c1cn(S(=O)(=O)c2ccc(C)cc2)c2ncc(-c3cc(F)c(F)c(C(=O)N(C)C)c3)cc12. The van der Waals surface area contributed by atoms with Crippen LogP contribution in [0.4, 0.5) is 18.9 Å². The molecular weight excluding hydrogens is 1010 g/mol. The minimum absolute atomic E-state index is 0.0832. The lowest BCUT2D eigenvalue weighted by Crippen LogP contribution is -2.37. The minimum atomic E-state index is -4.05. The van der Waals surface area contributed by atoms with Gasteiger partial charge in [-0.15, -0.1) is 0 Å². The molecule has 4 aromatic heterocycles. The largest absolute Gasteiger partial charge is 0.496 e. The van der Waals surface area contributed by atoms with Crippen LogP contribution in [0.5, 0.6) is 11.5 Å². The molecule has 2 amide bonds. The molecule has 14 nitrogen and oxygen atoms in total. The number of aromatic amines is 1. The van der Waals surface area contributed by atoms with Crippen molar-refractivity contribution in [3.63, 3.8) is 0 Å². The molecule has 396 valence electrons. The number of likely N-dealkylation sites (tertiary alicyclic amines) is 1. The maximum absolute atomic E-state index is 15.7. The number of fused-ring (bicyclic) bond motifs is 2. The number of hydrogen-bond acceptors (Lipinski definition) is 10. The summed E-state index contributed by atoms with van der Waals surface area (Å²) in [6.45, 7) is 3.73. The van der Waals surface area contributed by atoms with Crippen LogP contribution in [0.1, 0.15) is 39.1 Å². The summed E-state index contributed by atoms with van der Waals surface area (Å²) in [5.41, 5.74) is 6.80. The number of hydrogen-bond donors (Lipinski definition) is 2. The van der Waals surface area contributed by atoms with Gasteiger partial charge in [0.15, 0.2) is 17.3 Å². The zero-order valence-electron chi connectivity index (χ0n) is 43.8. The van der Waals surface area contributed by atoms with E-state index >= 15 is 4.39 Å². The maximum Gasteiger partial charge on any atom is 0.269 e. The van der Waals surface area contributed by atoms with Gasteiger partial charge in [0.2, 0.25) is 0 Å². The van der Waals surface area contributed by atoms with Crippen molar-refractivity contribution in [2.45, 2.75) is 30.7 Å². The van der Waals surface area contributed by atoms with Gasteiger partial charge in [-0.05, 0) is 112 Å². The average molecular weight is 1060 g/mol. The highest BCUT2D eigenvalue weighted by molar-refractivity contribution is 7.90. The summed E-state index contributed by atoms with van der Waals surface area (Å²) in [6.07, 6.45) is 8.23. The molecule has 0 radical (unpaired) electrons. The number of piperidine rings is 1. The predicted molar refractivity (Wildman–Crippen MR) is 294 cm³/mol. The Kier molecular flexibility index (Phi) is 15.2. The number of H-pyrrole nitrogens is 1. The lowest BCUT2D eigenvalue weighted by Gasteiger charge is -2.31. The maximum atomic E-state index is 15.7. The zero-order valence-corrected chi connectivity index (χ0v) is 44.6. The number of nitrogens with zero attached hydrogens (tertiary/aromatic N) is 6. The van der Waals surface area contributed by atoms with E-state index in [1.165, 1.54) is 62.8 Å². The summed E-state index contributed by atoms with van der Waals surface area (Å²) in [4.78, 5) is 42.9. The Labute approximate surface area is 444 Å². The topological polar surface area (TPSA) is 155 Å². The lowest BCUT2D eigenvalue weighted by atomic mass is 9.98. The van der Waals surface area contributed by atoms with E-state index in [9.17, 15) is 26.8 Å². The van der Waals surface area contributed by atoms with E-state index in [0.717, 1.165) is 79.9 Å². The van der Waals surface area contributed by atoms with Crippen LogP contribution < -0.4 is 14.8 Å². The molecule has 0 bridgehead atoms. The normalized spacial score (nSPS) is 13.0. The van der Waals surface area contributed by atoms with Crippen LogP contribution >= 0.6 is 0 Å². The fourth-order valence-corrected chi connectivity index (χ4v) is 10.7. The molecular formula is C59H57F3N8O6S. The van der Waals surface area contributed by atoms with Crippen molar-refractivity contribution in [3.8, 4) is 56.0 Å². The number of methoxy groups -OCH3 is 2. The van der Waals surface area contributed by atoms with Crippen molar-refractivity contribution < 1.29 is 40.7 Å². The summed E-state index contributed by atoms with van der Waals surface area (Å²) in [5.74, 6) is -2.57. The van der Waals surface area contributed by atoms with E-state index < -0.39 is 38.9 Å². The number of aryl methyl sites for hydroxylation is 1.